The van der Waals surface area contributed by atoms with Crippen LogP contribution in [-0.2, 0) is 0 Å². The van der Waals surface area contributed by atoms with Crippen LogP contribution in [0.1, 0.15) is 24.2 Å². The van der Waals surface area contributed by atoms with Crippen LogP contribution in [0.2, 0.25) is 0 Å². The monoisotopic (exact) mass is 348 g/mol. The molecule has 0 saturated heterocycles. The van der Waals surface area contributed by atoms with E-state index < -0.39 is 6.10 Å². The van der Waals surface area contributed by atoms with Gasteiger partial charge >= 0.3 is 6.03 Å². The zero-order chi connectivity index (χ0) is 15.4. The van der Waals surface area contributed by atoms with Crippen molar-refractivity contribution in [1.29, 1.82) is 0 Å². The summed E-state index contributed by atoms with van der Waals surface area (Å²) in [4.78, 5) is 12.0. The summed E-state index contributed by atoms with van der Waals surface area (Å²) in [5, 5.41) is 15.1. The van der Waals surface area contributed by atoms with Gasteiger partial charge in [-0.2, -0.15) is 0 Å². The van der Waals surface area contributed by atoms with Gasteiger partial charge in [-0.15, -0.1) is 0 Å². The molecule has 0 spiro atoms. The van der Waals surface area contributed by atoms with Gasteiger partial charge in [-0.05, 0) is 65.2 Å². The molecule has 2 amide bonds. The van der Waals surface area contributed by atoms with Crippen molar-refractivity contribution in [2.24, 2.45) is 0 Å². The summed E-state index contributed by atoms with van der Waals surface area (Å²) in [6.45, 7) is 3.64. The van der Waals surface area contributed by atoms with Crippen LogP contribution in [-0.4, -0.2) is 11.1 Å². The first-order valence-electron chi connectivity index (χ1n) is 6.58. The molecule has 21 heavy (non-hydrogen) atoms. The minimum atomic E-state index is -0.569. The Balaban J connectivity index is 2.08. The summed E-state index contributed by atoms with van der Waals surface area (Å²) in [7, 11) is 0. The first kappa shape index (κ1) is 15.5. The molecule has 0 heterocycles. The maximum atomic E-state index is 12.0. The highest BCUT2D eigenvalue weighted by Crippen LogP contribution is 2.24. The van der Waals surface area contributed by atoms with Gasteiger partial charge in [0.05, 0.1) is 11.8 Å². The lowest BCUT2D eigenvalue weighted by molar-refractivity contribution is 0.199. The van der Waals surface area contributed by atoms with Crippen LogP contribution in [0, 0.1) is 6.92 Å². The molecule has 2 rings (SSSR count). The third kappa shape index (κ3) is 4.31. The fraction of sp³-hybridized carbons (Fsp3) is 0.188. The average molecular weight is 349 g/mol. The van der Waals surface area contributed by atoms with Gasteiger partial charge in [-0.1, -0.05) is 18.2 Å². The number of aliphatic hydroxyl groups is 1. The van der Waals surface area contributed by atoms with Crippen LogP contribution in [0.4, 0.5) is 16.2 Å². The molecule has 0 aromatic heterocycles. The number of aliphatic hydroxyl groups excluding tert-OH is 1. The molecule has 0 aliphatic rings. The number of hydrogen-bond acceptors (Lipinski definition) is 2. The summed E-state index contributed by atoms with van der Waals surface area (Å²) >= 11 is 3.40. The Kier molecular flexibility index (Phi) is 4.98. The lowest BCUT2D eigenvalue weighted by Gasteiger charge is -2.11. The van der Waals surface area contributed by atoms with Crippen molar-refractivity contribution >= 4 is 33.3 Å². The molecule has 0 aliphatic heterocycles. The summed E-state index contributed by atoms with van der Waals surface area (Å²) in [5.41, 5.74) is 3.16. The molecule has 1 atom stereocenters. The highest BCUT2D eigenvalue weighted by Gasteiger charge is 2.07. The SMILES string of the molecule is Cc1ccc(Br)c(NC(=O)Nc2cccc(C(C)O)c2)c1. The molecule has 5 heteroatoms. The Morgan fingerprint density at radius 3 is 2.67 bits per heavy atom. The number of aryl methyl sites for hydroxylation is 1. The van der Waals surface area contributed by atoms with E-state index in [0.717, 1.165) is 15.6 Å². The van der Waals surface area contributed by atoms with E-state index >= 15 is 0 Å². The number of rotatable bonds is 3. The maximum Gasteiger partial charge on any atom is 0.323 e. The molecule has 0 fully saturated rings. The van der Waals surface area contributed by atoms with Gasteiger partial charge in [0.1, 0.15) is 0 Å². The van der Waals surface area contributed by atoms with Crippen molar-refractivity contribution in [3.05, 3.63) is 58.1 Å². The van der Waals surface area contributed by atoms with Crippen LogP contribution in [0.5, 0.6) is 0 Å². The number of carbonyl (C=O) groups is 1. The molecular weight excluding hydrogens is 332 g/mol. The molecular formula is C16H17BrN2O2. The molecule has 2 aromatic rings. The largest absolute Gasteiger partial charge is 0.389 e. The molecule has 0 saturated carbocycles. The second-order valence-corrected chi connectivity index (χ2v) is 5.72. The Morgan fingerprint density at radius 2 is 1.95 bits per heavy atom. The number of hydrogen-bond donors (Lipinski definition) is 3. The van der Waals surface area contributed by atoms with Crippen molar-refractivity contribution < 1.29 is 9.90 Å². The van der Waals surface area contributed by atoms with Crippen molar-refractivity contribution in [3.63, 3.8) is 0 Å². The number of carbonyl (C=O) groups excluding carboxylic acids is 1. The number of halogens is 1. The van der Waals surface area contributed by atoms with Gasteiger partial charge in [0, 0.05) is 10.2 Å². The number of amides is 2. The van der Waals surface area contributed by atoms with Gasteiger partial charge < -0.3 is 15.7 Å². The van der Waals surface area contributed by atoms with Crippen LogP contribution in [0.3, 0.4) is 0 Å². The smallest absolute Gasteiger partial charge is 0.323 e. The Labute approximate surface area is 132 Å². The standard InChI is InChI=1S/C16H17BrN2O2/c1-10-6-7-14(17)15(8-10)19-16(21)18-13-5-3-4-12(9-13)11(2)20/h3-9,11,20H,1-2H3,(H2,18,19,21). The number of benzene rings is 2. The van der Waals surface area contributed by atoms with Crippen LogP contribution in [0.25, 0.3) is 0 Å². The highest BCUT2D eigenvalue weighted by molar-refractivity contribution is 9.10. The quantitative estimate of drug-likeness (QED) is 0.766. The van der Waals surface area contributed by atoms with Crippen LogP contribution < -0.4 is 10.6 Å². The summed E-state index contributed by atoms with van der Waals surface area (Å²) in [5.74, 6) is 0. The van der Waals surface area contributed by atoms with Crippen molar-refractivity contribution in [3.8, 4) is 0 Å². The maximum absolute atomic E-state index is 12.0. The fourth-order valence-electron chi connectivity index (χ4n) is 1.90. The van der Waals surface area contributed by atoms with E-state index in [9.17, 15) is 9.90 Å². The number of urea groups is 1. The van der Waals surface area contributed by atoms with Gasteiger partial charge in [0.25, 0.3) is 0 Å². The zero-order valence-electron chi connectivity index (χ0n) is 11.9. The Morgan fingerprint density at radius 1 is 1.19 bits per heavy atom. The van der Waals surface area contributed by atoms with E-state index in [0.29, 0.717) is 11.4 Å². The zero-order valence-corrected chi connectivity index (χ0v) is 13.4. The molecule has 2 aromatic carbocycles. The molecule has 3 N–H and O–H groups in total. The van der Waals surface area contributed by atoms with Crippen LogP contribution >= 0.6 is 15.9 Å². The third-order valence-corrected chi connectivity index (χ3v) is 3.69. The molecule has 4 nitrogen and oxygen atoms in total. The lowest BCUT2D eigenvalue weighted by Crippen LogP contribution is -2.19. The normalized spacial score (nSPS) is 11.8. The molecule has 110 valence electrons. The fourth-order valence-corrected chi connectivity index (χ4v) is 2.24. The first-order valence-corrected chi connectivity index (χ1v) is 7.37. The van der Waals surface area contributed by atoms with E-state index in [2.05, 4.69) is 26.6 Å². The van der Waals surface area contributed by atoms with Gasteiger partial charge in [0.2, 0.25) is 0 Å². The van der Waals surface area contributed by atoms with E-state index in [1.807, 2.05) is 31.2 Å². The van der Waals surface area contributed by atoms with E-state index in [1.165, 1.54) is 0 Å². The first-order chi connectivity index (χ1) is 9.95. The molecule has 0 aliphatic carbocycles. The van der Waals surface area contributed by atoms with Crippen molar-refractivity contribution in [1.82, 2.24) is 0 Å². The highest BCUT2D eigenvalue weighted by atomic mass is 79.9. The van der Waals surface area contributed by atoms with Crippen molar-refractivity contribution in [2.45, 2.75) is 20.0 Å². The van der Waals surface area contributed by atoms with Crippen molar-refractivity contribution in [2.75, 3.05) is 10.6 Å². The Hall–Kier alpha value is -1.85. The third-order valence-electron chi connectivity index (χ3n) is 3.00. The molecule has 0 radical (unpaired) electrons. The van der Waals surface area contributed by atoms with Gasteiger partial charge in [-0.25, -0.2) is 4.79 Å². The topological polar surface area (TPSA) is 61.4 Å². The number of anilines is 2. The predicted octanol–water partition coefficient (Wildman–Crippen LogP) is 4.45. The molecule has 0 bridgehead atoms. The minimum Gasteiger partial charge on any atom is -0.389 e. The predicted molar refractivity (Wildman–Crippen MR) is 88.6 cm³/mol. The minimum absolute atomic E-state index is 0.330. The summed E-state index contributed by atoms with van der Waals surface area (Å²) < 4.78 is 0.820. The lowest BCUT2D eigenvalue weighted by atomic mass is 10.1. The van der Waals surface area contributed by atoms with Gasteiger partial charge in [0.15, 0.2) is 0 Å². The average Bonchev–Trinajstić information content (AvgIpc) is 2.43. The van der Waals surface area contributed by atoms with E-state index in [-0.39, 0.29) is 6.03 Å². The summed E-state index contributed by atoms with van der Waals surface area (Å²) in [6.07, 6.45) is -0.569. The number of nitrogens with one attached hydrogen (secondary N) is 2. The second-order valence-electron chi connectivity index (χ2n) is 4.86. The summed E-state index contributed by atoms with van der Waals surface area (Å²) in [6, 6.07) is 12.5. The van der Waals surface area contributed by atoms with Crippen LogP contribution in [0.15, 0.2) is 46.9 Å². The second kappa shape index (κ2) is 6.74. The Bertz CT molecular complexity index is 656. The van der Waals surface area contributed by atoms with Gasteiger partial charge in [-0.3, -0.25) is 0 Å². The van der Waals surface area contributed by atoms with E-state index in [4.69, 9.17) is 0 Å². The molecule has 1 unspecified atom stereocenters. The van der Waals surface area contributed by atoms with E-state index in [1.54, 1.807) is 25.1 Å².